The first kappa shape index (κ1) is 14.1. The van der Waals surface area contributed by atoms with E-state index < -0.39 is 5.97 Å². The lowest BCUT2D eigenvalue weighted by Crippen LogP contribution is -2.12. The lowest BCUT2D eigenvalue weighted by atomic mass is 10.3. The minimum absolute atomic E-state index is 0.0227. The van der Waals surface area contributed by atoms with Gasteiger partial charge in [0.2, 0.25) is 5.91 Å². The number of esters is 1. The number of rotatable bonds is 4. The van der Waals surface area contributed by atoms with Gasteiger partial charge in [-0.05, 0) is 49.2 Å². The fourth-order valence-corrected chi connectivity index (χ4v) is 2.66. The molecule has 1 aromatic heterocycles. The summed E-state index contributed by atoms with van der Waals surface area (Å²) in [5.74, 6) is 0.140. The molecule has 1 heterocycles. The van der Waals surface area contributed by atoms with E-state index in [0.717, 1.165) is 12.8 Å². The van der Waals surface area contributed by atoms with Crippen molar-refractivity contribution >= 4 is 39.8 Å². The summed E-state index contributed by atoms with van der Waals surface area (Å²) in [6.07, 6.45) is 1.89. The maximum Gasteiger partial charge on any atom is 0.353 e. The number of amides is 1. The van der Waals surface area contributed by atoms with E-state index in [2.05, 4.69) is 5.32 Å². The highest BCUT2D eigenvalue weighted by atomic mass is 35.5. The Morgan fingerprint density at radius 1 is 1.14 bits per heavy atom. The molecule has 1 amide bonds. The van der Waals surface area contributed by atoms with Gasteiger partial charge in [-0.2, -0.15) is 0 Å². The number of carbonyl (C=O) groups is 2. The molecule has 1 aliphatic rings. The van der Waals surface area contributed by atoms with E-state index in [1.54, 1.807) is 36.4 Å². The fraction of sp³-hybridized carbons (Fsp3) is 0.200. The van der Waals surface area contributed by atoms with Crippen LogP contribution in [0.5, 0.6) is 5.75 Å². The Morgan fingerprint density at radius 2 is 1.86 bits per heavy atom. The van der Waals surface area contributed by atoms with Crippen LogP contribution in [0.25, 0.3) is 0 Å². The number of halogens is 1. The van der Waals surface area contributed by atoms with Crippen molar-refractivity contribution in [3.8, 4) is 5.75 Å². The van der Waals surface area contributed by atoms with Gasteiger partial charge in [-0.1, -0.05) is 11.6 Å². The van der Waals surface area contributed by atoms with Crippen LogP contribution in [0.1, 0.15) is 22.5 Å². The highest BCUT2D eigenvalue weighted by Crippen LogP contribution is 2.31. The summed E-state index contributed by atoms with van der Waals surface area (Å²) in [5, 5.41) is 4.05. The third-order valence-electron chi connectivity index (χ3n) is 3.03. The third-order valence-corrected chi connectivity index (χ3v) is 4.26. The van der Waals surface area contributed by atoms with Crippen molar-refractivity contribution in [2.24, 2.45) is 5.92 Å². The molecular weight excluding hydrogens is 310 g/mol. The van der Waals surface area contributed by atoms with E-state index in [0.29, 0.717) is 20.7 Å². The predicted molar refractivity (Wildman–Crippen MR) is 82.1 cm³/mol. The van der Waals surface area contributed by atoms with Crippen molar-refractivity contribution < 1.29 is 14.3 Å². The normalized spacial score (nSPS) is 13.8. The predicted octanol–water partition coefficient (Wildman–Crippen LogP) is 3.97. The van der Waals surface area contributed by atoms with Gasteiger partial charge < -0.3 is 10.1 Å². The Kier molecular flexibility index (Phi) is 3.94. The molecule has 3 rings (SSSR count). The molecule has 108 valence electrons. The zero-order chi connectivity index (χ0) is 14.8. The van der Waals surface area contributed by atoms with E-state index in [9.17, 15) is 9.59 Å². The molecule has 0 radical (unpaired) electrons. The van der Waals surface area contributed by atoms with Gasteiger partial charge in [0.05, 0.1) is 5.00 Å². The van der Waals surface area contributed by atoms with Crippen molar-refractivity contribution in [2.75, 3.05) is 5.32 Å². The van der Waals surface area contributed by atoms with E-state index in [4.69, 9.17) is 16.3 Å². The van der Waals surface area contributed by atoms with Gasteiger partial charge in [-0.3, -0.25) is 4.79 Å². The second-order valence-electron chi connectivity index (χ2n) is 4.77. The molecule has 6 heteroatoms. The monoisotopic (exact) mass is 321 g/mol. The van der Waals surface area contributed by atoms with Gasteiger partial charge in [0, 0.05) is 10.9 Å². The first-order valence-electron chi connectivity index (χ1n) is 6.50. The molecule has 1 N–H and O–H groups in total. The lowest BCUT2D eigenvalue weighted by molar-refractivity contribution is -0.117. The lowest BCUT2D eigenvalue weighted by Gasteiger charge is -2.02. The van der Waals surface area contributed by atoms with Crippen LogP contribution in [0.2, 0.25) is 5.02 Å². The van der Waals surface area contributed by atoms with E-state index in [1.165, 1.54) is 11.3 Å². The standard InChI is InChI=1S/C15H12ClNO3S/c16-10-3-5-11(6-4-10)20-15(19)12-7-8-13(21-12)17-14(18)9-1-2-9/h3-9H,1-2H2,(H,17,18). The number of hydrogen-bond acceptors (Lipinski definition) is 4. The van der Waals surface area contributed by atoms with Crippen LogP contribution < -0.4 is 10.1 Å². The Labute approximate surface area is 130 Å². The Balaban J connectivity index is 1.63. The Hall–Kier alpha value is -1.85. The number of anilines is 1. The Bertz CT molecular complexity index is 676. The molecule has 1 aromatic carbocycles. The first-order chi connectivity index (χ1) is 10.1. The average molecular weight is 322 g/mol. The molecule has 2 aromatic rings. The molecule has 0 atom stereocenters. The molecule has 0 spiro atoms. The van der Waals surface area contributed by atoms with Crippen LogP contribution in [0.15, 0.2) is 36.4 Å². The molecule has 4 nitrogen and oxygen atoms in total. The summed E-state index contributed by atoms with van der Waals surface area (Å²) >= 11 is 6.97. The molecule has 1 saturated carbocycles. The molecule has 0 bridgehead atoms. The molecule has 0 saturated heterocycles. The fourth-order valence-electron chi connectivity index (χ4n) is 1.74. The average Bonchev–Trinajstić information content (AvgIpc) is 3.22. The van der Waals surface area contributed by atoms with Gasteiger partial charge in [0.1, 0.15) is 10.6 Å². The van der Waals surface area contributed by atoms with Crippen LogP contribution in [-0.2, 0) is 4.79 Å². The topological polar surface area (TPSA) is 55.4 Å². The summed E-state index contributed by atoms with van der Waals surface area (Å²) < 4.78 is 5.23. The van der Waals surface area contributed by atoms with Gasteiger partial charge >= 0.3 is 5.97 Å². The second-order valence-corrected chi connectivity index (χ2v) is 6.29. The van der Waals surface area contributed by atoms with E-state index >= 15 is 0 Å². The third kappa shape index (κ3) is 3.62. The number of nitrogens with one attached hydrogen (secondary N) is 1. The highest BCUT2D eigenvalue weighted by Gasteiger charge is 2.29. The zero-order valence-corrected chi connectivity index (χ0v) is 12.5. The smallest absolute Gasteiger partial charge is 0.353 e. The summed E-state index contributed by atoms with van der Waals surface area (Å²) in [6, 6.07) is 9.92. The molecule has 0 unspecified atom stereocenters. The number of thiophene rings is 1. The maximum absolute atomic E-state index is 12.0. The van der Waals surface area contributed by atoms with Gasteiger partial charge in [-0.15, -0.1) is 11.3 Å². The van der Waals surface area contributed by atoms with Crippen LogP contribution in [0, 0.1) is 5.92 Å². The second kappa shape index (κ2) is 5.87. The molecular formula is C15H12ClNO3S. The largest absolute Gasteiger partial charge is 0.422 e. The zero-order valence-electron chi connectivity index (χ0n) is 11.0. The summed E-state index contributed by atoms with van der Waals surface area (Å²) in [5.41, 5.74) is 0. The number of ether oxygens (including phenoxy) is 1. The minimum Gasteiger partial charge on any atom is -0.422 e. The van der Waals surface area contributed by atoms with Crippen molar-refractivity contribution in [2.45, 2.75) is 12.8 Å². The van der Waals surface area contributed by atoms with Crippen molar-refractivity contribution in [1.82, 2.24) is 0 Å². The van der Waals surface area contributed by atoms with E-state index in [1.807, 2.05) is 0 Å². The quantitative estimate of drug-likeness (QED) is 0.684. The molecule has 1 fully saturated rings. The summed E-state index contributed by atoms with van der Waals surface area (Å²) in [7, 11) is 0. The van der Waals surface area contributed by atoms with Crippen LogP contribution in [0.4, 0.5) is 5.00 Å². The van der Waals surface area contributed by atoms with Crippen molar-refractivity contribution in [3.05, 3.63) is 46.3 Å². The van der Waals surface area contributed by atoms with Gasteiger partial charge in [0.15, 0.2) is 0 Å². The number of benzene rings is 1. The summed E-state index contributed by atoms with van der Waals surface area (Å²) in [4.78, 5) is 24.1. The minimum atomic E-state index is -0.450. The van der Waals surface area contributed by atoms with Crippen LogP contribution >= 0.6 is 22.9 Å². The van der Waals surface area contributed by atoms with Gasteiger partial charge in [-0.25, -0.2) is 4.79 Å². The SMILES string of the molecule is O=C(Oc1ccc(Cl)cc1)c1ccc(NC(=O)C2CC2)s1. The highest BCUT2D eigenvalue weighted by molar-refractivity contribution is 7.18. The van der Waals surface area contributed by atoms with E-state index in [-0.39, 0.29) is 11.8 Å². The van der Waals surface area contributed by atoms with Crippen molar-refractivity contribution in [1.29, 1.82) is 0 Å². The van der Waals surface area contributed by atoms with Gasteiger partial charge in [0.25, 0.3) is 0 Å². The van der Waals surface area contributed by atoms with Crippen LogP contribution in [0.3, 0.4) is 0 Å². The maximum atomic E-state index is 12.0. The Morgan fingerprint density at radius 3 is 2.52 bits per heavy atom. The number of hydrogen-bond donors (Lipinski definition) is 1. The molecule has 1 aliphatic carbocycles. The first-order valence-corrected chi connectivity index (χ1v) is 7.70. The molecule has 21 heavy (non-hydrogen) atoms. The number of carbonyl (C=O) groups excluding carboxylic acids is 2. The summed E-state index contributed by atoms with van der Waals surface area (Å²) in [6.45, 7) is 0. The van der Waals surface area contributed by atoms with Crippen molar-refractivity contribution in [3.63, 3.8) is 0 Å². The molecule has 0 aliphatic heterocycles. The van der Waals surface area contributed by atoms with Crippen LogP contribution in [-0.4, -0.2) is 11.9 Å².